The maximum absolute atomic E-state index is 13.7. The Labute approximate surface area is 209 Å². The van der Waals surface area contributed by atoms with Crippen LogP contribution in [0.1, 0.15) is 33.3 Å². The highest BCUT2D eigenvalue weighted by molar-refractivity contribution is 7.13. The van der Waals surface area contributed by atoms with Crippen LogP contribution < -0.4 is 15.1 Å². The summed E-state index contributed by atoms with van der Waals surface area (Å²) >= 11 is 7.47. The van der Waals surface area contributed by atoms with Gasteiger partial charge in [-0.05, 0) is 41.5 Å². The lowest BCUT2D eigenvalue weighted by Gasteiger charge is -2.23. The number of amides is 1. The van der Waals surface area contributed by atoms with Crippen molar-refractivity contribution in [3.05, 3.63) is 122 Å². The quantitative estimate of drug-likeness (QED) is 0.286. The molecular weight excluding hydrogens is 484 g/mol. The summed E-state index contributed by atoms with van der Waals surface area (Å²) in [6.07, 6.45) is 1.62. The average Bonchev–Trinajstić information content (AvgIpc) is 3.51. The summed E-state index contributed by atoms with van der Waals surface area (Å²) in [6.45, 7) is 0.395. The van der Waals surface area contributed by atoms with Crippen molar-refractivity contribution < 1.29 is 13.9 Å². The third-order valence-electron chi connectivity index (χ3n) is 5.88. The Morgan fingerprint density at radius 3 is 2.69 bits per heavy atom. The van der Waals surface area contributed by atoms with E-state index in [4.69, 9.17) is 20.8 Å². The maximum Gasteiger partial charge on any atom is 0.297 e. The lowest BCUT2D eigenvalue weighted by molar-refractivity contribution is 0.0971. The zero-order valence-corrected chi connectivity index (χ0v) is 19.8. The molecule has 0 fully saturated rings. The standard InChI is InChI=1S/C27H17ClN2O4S/c28-18-9-10-21-20(14-18)24(31)22-23(30(26(32)25(22)34-21)27-29-11-12-35-27)17-7-4-8-19(13-17)33-15-16-5-2-1-3-6-16/h1-14,23H,15H2. The Hall–Kier alpha value is -3.94. The van der Waals surface area contributed by atoms with Crippen molar-refractivity contribution in [2.45, 2.75) is 12.6 Å². The molecule has 6 rings (SSSR count). The van der Waals surface area contributed by atoms with Gasteiger partial charge in [0.05, 0.1) is 17.0 Å². The number of ether oxygens (including phenoxy) is 1. The van der Waals surface area contributed by atoms with Crippen LogP contribution in [-0.2, 0) is 6.61 Å². The van der Waals surface area contributed by atoms with Crippen molar-refractivity contribution in [2.75, 3.05) is 4.90 Å². The lowest BCUT2D eigenvalue weighted by Crippen LogP contribution is -2.29. The van der Waals surface area contributed by atoms with Crippen molar-refractivity contribution in [3.63, 3.8) is 0 Å². The molecule has 3 heterocycles. The molecule has 1 amide bonds. The average molecular weight is 501 g/mol. The molecule has 0 saturated carbocycles. The second-order valence-corrected chi connectivity index (χ2v) is 9.36. The number of fused-ring (bicyclic) bond motifs is 2. The molecule has 3 aromatic carbocycles. The molecule has 1 aliphatic rings. The number of hydrogen-bond acceptors (Lipinski definition) is 6. The number of carbonyl (C=O) groups excluding carboxylic acids is 1. The van der Waals surface area contributed by atoms with E-state index >= 15 is 0 Å². The minimum Gasteiger partial charge on any atom is -0.489 e. The lowest BCUT2D eigenvalue weighted by atomic mass is 9.98. The van der Waals surface area contributed by atoms with Crippen molar-refractivity contribution in [3.8, 4) is 5.75 Å². The van der Waals surface area contributed by atoms with Crippen LogP contribution in [0.15, 0.2) is 93.6 Å². The van der Waals surface area contributed by atoms with Gasteiger partial charge in [0.25, 0.3) is 5.91 Å². The molecule has 0 N–H and O–H groups in total. The number of hydrogen-bond donors (Lipinski definition) is 0. The number of benzene rings is 3. The van der Waals surface area contributed by atoms with Crippen LogP contribution in [-0.4, -0.2) is 10.9 Å². The van der Waals surface area contributed by atoms with Crippen LogP contribution in [0.5, 0.6) is 5.75 Å². The van der Waals surface area contributed by atoms with Gasteiger partial charge in [-0.2, -0.15) is 0 Å². The second kappa shape index (κ2) is 8.69. The Bertz CT molecular complexity index is 1620. The third-order valence-corrected chi connectivity index (χ3v) is 6.89. The molecule has 0 bridgehead atoms. The van der Waals surface area contributed by atoms with Crippen LogP contribution in [0.25, 0.3) is 11.0 Å². The van der Waals surface area contributed by atoms with Crippen LogP contribution in [0.3, 0.4) is 0 Å². The Kier molecular flexibility index (Phi) is 5.36. The van der Waals surface area contributed by atoms with Gasteiger partial charge in [-0.1, -0.05) is 54.1 Å². The van der Waals surface area contributed by atoms with E-state index < -0.39 is 11.9 Å². The van der Waals surface area contributed by atoms with E-state index in [1.165, 1.54) is 16.2 Å². The van der Waals surface area contributed by atoms with Gasteiger partial charge >= 0.3 is 0 Å². The largest absolute Gasteiger partial charge is 0.489 e. The van der Waals surface area contributed by atoms with Crippen molar-refractivity contribution >= 4 is 44.9 Å². The van der Waals surface area contributed by atoms with Gasteiger partial charge in [0.15, 0.2) is 10.6 Å². The predicted octanol–water partition coefficient (Wildman–Crippen LogP) is 6.23. The third kappa shape index (κ3) is 3.79. The van der Waals surface area contributed by atoms with Gasteiger partial charge in [0.1, 0.15) is 17.9 Å². The molecule has 6 nitrogen and oxygen atoms in total. The van der Waals surface area contributed by atoms with E-state index in [1.54, 1.807) is 29.8 Å². The highest BCUT2D eigenvalue weighted by atomic mass is 35.5. The van der Waals surface area contributed by atoms with Crippen molar-refractivity contribution in [2.24, 2.45) is 0 Å². The zero-order chi connectivity index (χ0) is 23.9. The molecule has 1 unspecified atom stereocenters. The van der Waals surface area contributed by atoms with Crippen LogP contribution in [0.4, 0.5) is 5.13 Å². The minimum absolute atomic E-state index is 0.0145. The highest BCUT2D eigenvalue weighted by Crippen LogP contribution is 2.42. The highest BCUT2D eigenvalue weighted by Gasteiger charge is 2.44. The summed E-state index contributed by atoms with van der Waals surface area (Å²) < 4.78 is 12.0. The molecule has 2 aromatic heterocycles. The summed E-state index contributed by atoms with van der Waals surface area (Å²) in [5, 5.41) is 3.00. The van der Waals surface area contributed by atoms with E-state index in [1.807, 2.05) is 54.6 Å². The van der Waals surface area contributed by atoms with Gasteiger partial charge in [0, 0.05) is 16.6 Å². The van der Waals surface area contributed by atoms with E-state index in [0.717, 1.165) is 5.56 Å². The fourth-order valence-corrected chi connectivity index (χ4v) is 5.15. The van der Waals surface area contributed by atoms with Crippen molar-refractivity contribution in [1.29, 1.82) is 0 Å². The fraction of sp³-hybridized carbons (Fsp3) is 0.0741. The molecule has 0 saturated heterocycles. The maximum atomic E-state index is 13.7. The summed E-state index contributed by atoms with van der Waals surface area (Å²) in [5.74, 6) is 0.227. The van der Waals surface area contributed by atoms with Crippen LogP contribution >= 0.6 is 22.9 Å². The van der Waals surface area contributed by atoms with Gasteiger partial charge in [-0.3, -0.25) is 14.5 Å². The molecule has 172 valence electrons. The second-order valence-electron chi connectivity index (χ2n) is 8.05. The fourth-order valence-electron chi connectivity index (χ4n) is 4.31. The number of thiazole rings is 1. The molecule has 1 atom stereocenters. The number of carbonyl (C=O) groups is 1. The molecule has 0 aliphatic carbocycles. The van der Waals surface area contributed by atoms with E-state index in [9.17, 15) is 9.59 Å². The topological polar surface area (TPSA) is 72.6 Å². The van der Waals surface area contributed by atoms with Gasteiger partial charge in [-0.15, -0.1) is 11.3 Å². The van der Waals surface area contributed by atoms with Gasteiger partial charge in [0.2, 0.25) is 5.76 Å². The summed E-state index contributed by atoms with van der Waals surface area (Å²) in [7, 11) is 0. The first kappa shape index (κ1) is 21.6. The molecule has 5 aromatic rings. The molecule has 1 aliphatic heterocycles. The number of nitrogens with zero attached hydrogens (tertiary/aromatic N) is 2. The monoisotopic (exact) mass is 500 g/mol. The van der Waals surface area contributed by atoms with E-state index in [0.29, 0.717) is 39.0 Å². The van der Waals surface area contributed by atoms with E-state index in [2.05, 4.69) is 4.98 Å². The molecule has 0 spiro atoms. The summed E-state index contributed by atoms with van der Waals surface area (Å²) in [6, 6.07) is 21.3. The first-order valence-corrected chi connectivity index (χ1v) is 12.1. The summed E-state index contributed by atoms with van der Waals surface area (Å²) in [4.78, 5) is 33.1. The first-order valence-electron chi connectivity index (χ1n) is 10.9. The number of aromatic nitrogens is 1. The molecule has 35 heavy (non-hydrogen) atoms. The minimum atomic E-state index is -0.719. The Morgan fingerprint density at radius 2 is 1.89 bits per heavy atom. The Balaban J connectivity index is 1.48. The normalized spacial score (nSPS) is 14.9. The molecule has 8 heteroatoms. The van der Waals surface area contributed by atoms with Crippen molar-refractivity contribution in [1.82, 2.24) is 4.98 Å². The smallest absolute Gasteiger partial charge is 0.297 e. The van der Waals surface area contributed by atoms with Gasteiger partial charge < -0.3 is 9.15 Å². The van der Waals surface area contributed by atoms with Crippen LogP contribution in [0.2, 0.25) is 5.02 Å². The SMILES string of the molecule is O=C1c2oc3ccc(Cl)cc3c(=O)c2C(c2cccc(OCc3ccccc3)c2)N1c1nccs1. The van der Waals surface area contributed by atoms with Gasteiger partial charge in [-0.25, -0.2) is 4.98 Å². The predicted molar refractivity (Wildman–Crippen MR) is 135 cm³/mol. The number of halogens is 1. The van der Waals surface area contributed by atoms with E-state index in [-0.39, 0.29) is 16.8 Å². The number of anilines is 1. The molecule has 0 radical (unpaired) electrons. The summed E-state index contributed by atoms with van der Waals surface area (Å²) in [5.41, 5.74) is 2.03. The first-order chi connectivity index (χ1) is 17.1. The zero-order valence-electron chi connectivity index (χ0n) is 18.2. The number of rotatable bonds is 5. The van der Waals surface area contributed by atoms with Crippen LogP contribution in [0, 0.1) is 0 Å². The Morgan fingerprint density at radius 1 is 1.03 bits per heavy atom. The molecular formula is C27H17ClN2O4S.